The van der Waals surface area contributed by atoms with Crippen LogP contribution in [0.15, 0.2) is 23.3 Å². The van der Waals surface area contributed by atoms with Crippen LogP contribution >= 0.6 is 0 Å². The smallest absolute Gasteiger partial charge is 0.357 e. The van der Waals surface area contributed by atoms with Crippen molar-refractivity contribution in [1.82, 2.24) is 9.78 Å². The molecule has 0 bridgehead atoms. The van der Waals surface area contributed by atoms with Crippen molar-refractivity contribution in [3.63, 3.8) is 0 Å². The number of carboxylic acids is 1. The second-order valence-electron chi connectivity index (χ2n) is 3.81. The Balaban J connectivity index is 2.46. The zero-order valence-corrected chi connectivity index (χ0v) is 10.3. The molecule has 0 saturated heterocycles. The largest absolute Gasteiger partial charge is 0.476 e. The van der Waals surface area contributed by atoms with Crippen LogP contribution in [0.3, 0.4) is 0 Å². The second kappa shape index (κ2) is 5.08. The van der Waals surface area contributed by atoms with Gasteiger partial charge in [0.1, 0.15) is 12.1 Å². The SMILES string of the molecule is Cn1nc(C(=O)O)c2cc(NN=C(C#N)C#N)ccc21. The minimum absolute atomic E-state index is 0.0732. The molecule has 2 N–H and O–H groups in total. The quantitative estimate of drug-likeness (QED) is 0.633. The lowest BCUT2D eigenvalue weighted by atomic mass is 10.2. The van der Waals surface area contributed by atoms with E-state index in [1.807, 2.05) is 0 Å². The number of hydrazone groups is 1. The van der Waals surface area contributed by atoms with Crippen molar-refractivity contribution in [2.24, 2.45) is 12.1 Å². The summed E-state index contributed by atoms with van der Waals surface area (Å²) in [5.41, 5.74) is 3.23. The average Bonchev–Trinajstić information content (AvgIpc) is 2.77. The van der Waals surface area contributed by atoms with Crippen LogP contribution in [0.1, 0.15) is 10.5 Å². The lowest BCUT2D eigenvalue weighted by molar-refractivity contribution is 0.0691. The minimum Gasteiger partial charge on any atom is -0.476 e. The maximum absolute atomic E-state index is 11.1. The number of aromatic nitrogens is 2. The van der Waals surface area contributed by atoms with Gasteiger partial charge in [0.25, 0.3) is 0 Å². The first-order valence-electron chi connectivity index (χ1n) is 5.40. The molecule has 0 fully saturated rings. The Kier molecular flexibility index (Phi) is 3.32. The van der Waals surface area contributed by atoms with E-state index < -0.39 is 5.97 Å². The molecule has 2 rings (SSSR count). The molecule has 0 spiro atoms. The van der Waals surface area contributed by atoms with Crippen LogP contribution in [0, 0.1) is 22.7 Å². The summed E-state index contributed by atoms with van der Waals surface area (Å²) in [6.07, 6.45) is 0. The molecule has 0 unspecified atom stereocenters. The third kappa shape index (κ3) is 2.26. The summed E-state index contributed by atoms with van der Waals surface area (Å²) in [5, 5.41) is 34.1. The van der Waals surface area contributed by atoms with Crippen LogP contribution < -0.4 is 5.43 Å². The van der Waals surface area contributed by atoms with E-state index in [9.17, 15) is 4.79 Å². The standard InChI is InChI=1S/C12H8N6O2/c1-18-10-3-2-7(15-16-8(5-13)6-14)4-9(10)11(17-18)12(19)20/h2-4,15H,1H3,(H,19,20). The van der Waals surface area contributed by atoms with Crippen LogP contribution in [-0.2, 0) is 7.05 Å². The lowest BCUT2D eigenvalue weighted by Crippen LogP contribution is -1.99. The highest BCUT2D eigenvalue weighted by Crippen LogP contribution is 2.22. The van der Waals surface area contributed by atoms with Gasteiger partial charge < -0.3 is 5.11 Å². The number of aryl methyl sites for hydroxylation is 1. The van der Waals surface area contributed by atoms with E-state index in [1.165, 1.54) is 4.68 Å². The summed E-state index contributed by atoms with van der Waals surface area (Å²) in [6, 6.07) is 8.08. The topological polar surface area (TPSA) is 127 Å². The molecule has 0 amide bonds. The van der Waals surface area contributed by atoms with E-state index in [-0.39, 0.29) is 11.4 Å². The number of nitrogens with zero attached hydrogens (tertiary/aromatic N) is 5. The van der Waals surface area contributed by atoms with E-state index in [1.54, 1.807) is 37.4 Å². The number of anilines is 1. The molecule has 98 valence electrons. The van der Waals surface area contributed by atoms with E-state index >= 15 is 0 Å². The Morgan fingerprint density at radius 3 is 2.75 bits per heavy atom. The molecule has 0 atom stereocenters. The molecule has 8 heteroatoms. The first-order chi connectivity index (χ1) is 9.56. The first kappa shape index (κ1) is 13.1. The van der Waals surface area contributed by atoms with Crippen LogP contribution in [0.2, 0.25) is 0 Å². The predicted molar refractivity (Wildman–Crippen MR) is 70.0 cm³/mol. The number of hydrogen-bond donors (Lipinski definition) is 2. The average molecular weight is 268 g/mol. The third-order valence-corrected chi connectivity index (χ3v) is 2.56. The Hall–Kier alpha value is -3.39. The van der Waals surface area contributed by atoms with E-state index in [0.29, 0.717) is 16.6 Å². The Morgan fingerprint density at radius 2 is 2.15 bits per heavy atom. The van der Waals surface area contributed by atoms with Crippen molar-refractivity contribution in [2.75, 3.05) is 5.43 Å². The molecule has 0 radical (unpaired) electrons. The van der Waals surface area contributed by atoms with Crippen molar-refractivity contribution in [1.29, 1.82) is 10.5 Å². The van der Waals surface area contributed by atoms with E-state index in [4.69, 9.17) is 15.6 Å². The number of carboxylic acid groups (broad SMARTS) is 1. The molecule has 0 aliphatic heterocycles. The normalized spacial score (nSPS) is 9.55. The van der Waals surface area contributed by atoms with Gasteiger partial charge in [-0.25, -0.2) is 4.79 Å². The molecule has 0 aliphatic carbocycles. The molecule has 1 heterocycles. The van der Waals surface area contributed by atoms with Crippen LogP contribution in [0.25, 0.3) is 10.9 Å². The number of fused-ring (bicyclic) bond motifs is 1. The number of carbonyl (C=O) groups is 1. The summed E-state index contributed by atoms with van der Waals surface area (Å²) in [7, 11) is 1.64. The van der Waals surface area contributed by atoms with Gasteiger partial charge in [0, 0.05) is 12.4 Å². The number of aromatic carboxylic acids is 1. The predicted octanol–water partition coefficient (Wildman–Crippen LogP) is 1.09. The summed E-state index contributed by atoms with van der Waals surface area (Å²) < 4.78 is 1.46. The van der Waals surface area contributed by atoms with Crippen molar-refractivity contribution in [3.05, 3.63) is 23.9 Å². The van der Waals surface area contributed by atoms with Gasteiger partial charge in [0.05, 0.1) is 11.2 Å². The number of benzene rings is 1. The maximum Gasteiger partial charge on any atom is 0.357 e. The Bertz CT molecular complexity index is 790. The third-order valence-electron chi connectivity index (χ3n) is 2.56. The highest BCUT2D eigenvalue weighted by Gasteiger charge is 2.15. The van der Waals surface area contributed by atoms with Gasteiger partial charge in [-0.05, 0) is 18.2 Å². The summed E-state index contributed by atoms with van der Waals surface area (Å²) in [5.74, 6) is -1.13. The molecule has 8 nitrogen and oxygen atoms in total. The second-order valence-corrected chi connectivity index (χ2v) is 3.81. The fraction of sp³-hybridized carbons (Fsp3) is 0.0833. The number of rotatable bonds is 3. The number of nitriles is 2. The molecular weight excluding hydrogens is 260 g/mol. The zero-order chi connectivity index (χ0) is 14.7. The van der Waals surface area contributed by atoms with Gasteiger partial charge in [-0.2, -0.15) is 20.7 Å². The fourth-order valence-corrected chi connectivity index (χ4v) is 1.69. The van der Waals surface area contributed by atoms with Crippen LogP contribution in [0.4, 0.5) is 5.69 Å². The number of nitrogens with one attached hydrogen (secondary N) is 1. The Labute approximate surface area is 113 Å². The van der Waals surface area contributed by atoms with Crippen molar-refractivity contribution in [3.8, 4) is 12.1 Å². The van der Waals surface area contributed by atoms with Crippen molar-refractivity contribution < 1.29 is 9.90 Å². The molecule has 1 aromatic heterocycles. The maximum atomic E-state index is 11.1. The summed E-state index contributed by atoms with van der Waals surface area (Å²) in [4.78, 5) is 11.1. The molecule has 0 saturated carbocycles. The van der Waals surface area contributed by atoms with Gasteiger partial charge in [-0.3, -0.25) is 10.1 Å². The molecule has 2 aromatic rings. The van der Waals surface area contributed by atoms with E-state index in [0.717, 1.165) is 0 Å². The van der Waals surface area contributed by atoms with Gasteiger partial charge >= 0.3 is 5.97 Å². The summed E-state index contributed by atoms with van der Waals surface area (Å²) in [6.45, 7) is 0. The monoisotopic (exact) mass is 268 g/mol. The van der Waals surface area contributed by atoms with Gasteiger partial charge in [-0.15, -0.1) is 0 Å². The lowest BCUT2D eigenvalue weighted by Gasteiger charge is -2.00. The van der Waals surface area contributed by atoms with E-state index in [2.05, 4.69) is 15.6 Å². The minimum atomic E-state index is -1.13. The molecular formula is C12H8N6O2. The van der Waals surface area contributed by atoms with Gasteiger partial charge in [-0.1, -0.05) is 0 Å². The van der Waals surface area contributed by atoms with Crippen LogP contribution in [-0.4, -0.2) is 26.6 Å². The zero-order valence-electron chi connectivity index (χ0n) is 10.3. The van der Waals surface area contributed by atoms with Crippen LogP contribution in [0.5, 0.6) is 0 Å². The first-order valence-corrected chi connectivity index (χ1v) is 5.40. The number of hydrogen-bond acceptors (Lipinski definition) is 6. The van der Waals surface area contributed by atoms with Gasteiger partial charge in [0.2, 0.25) is 5.71 Å². The van der Waals surface area contributed by atoms with Crippen molar-refractivity contribution >= 4 is 28.3 Å². The highest BCUT2D eigenvalue weighted by molar-refractivity contribution is 6.10. The summed E-state index contributed by atoms with van der Waals surface area (Å²) >= 11 is 0. The molecule has 0 aliphatic rings. The Morgan fingerprint density at radius 1 is 1.45 bits per heavy atom. The van der Waals surface area contributed by atoms with Gasteiger partial charge in [0.15, 0.2) is 5.69 Å². The molecule has 1 aromatic carbocycles. The highest BCUT2D eigenvalue weighted by atomic mass is 16.4. The molecule has 20 heavy (non-hydrogen) atoms. The fourth-order valence-electron chi connectivity index (χ4n) is 1.69. The van der Waals surface area contributed by atoms with Crippen molar-refractivity contribution in [2.45, 2.75) is 0 Å².